The van der Waals surface area contributed by atoms with Gasteiger partial charge < -0.3 is 5.32 Å². The number of nitrogens with zero attached hydrogens (tertiary/aromatic N) is 5. The maximum absolute atomic E-state index is 4.51. The van der Waals surface area contributed by atoms with Crippen molar-refractivity contribution < 1.29 is 0 Å². The zero-order valence-electron chi connectivity index (χ0n) is 12.2. The third-order valence-electron chi connectivity index (χ3n) is 3.43. The van der Waals surface area contributed by atoms with Crippen molar-refractivity contribution >= 4 is 23.4 Å². The summed E-state index contributed by atoms with van der Waals surface area (Å²) >= 11 is 1.57. The molecule has 1 unspecified atom stereocenters. The minimum Gasteiger partial charge on any atom is -0.331 e. The van der Waals surface area contributed by atoms with Crippen molar-refractivity contribution in [2.24, 2.45) is 7.05 Å². The first kappa shape index (κ1) is 13.4. The SMILES string of the molecule is CC1C=C(Nc2nccn3c(-c4cnn(C)c4)cnc23)SN1. The smallest absolute Gasteiger partial charge is 0.180 e. The Bertz CT molecular complexity index is 863. The fraction of sp³-hybridized carbons (Fsp3) is 0.214. The fourth-order valence-electron chi connectivity index (χ4n) is 2.41. The molecule has 22 heavy (non-hydrogen) atoms. The van der Waals surface area contributed by atoms with Gasteiger partial charge in [-0.15, -0.1) is 0 Å². The summed E-state index contributed by atoms with van der Waals surface area (Å²) in [6.45, 7) is 2.10. The van der Waals surface area contributed by atoms with Crippen molar-refractivity contribution in [3.05, 3.63) is 42.1 Å². The van der Waals surface area contributed by atoms with Crippen molar-refractivity contribution in [2.75, 3.05) is 5.32 Å². The zero-order chi connectivity index (χ0) is 15.1. The Morgan fingerprint density at radius 1 is 1.32 bits per heavy atom. The van der Waals surface area contributed by atoms with E-state index >= 15 is 0 Å². The number of hydrogen-bond acceptors (Lipinski definition) is 6. The Morgan fingerprint density at radius 3 is 2.95 bits per heavy atom. The molecule has 0 spiro atoms. The van der Waals surface area contributed by atoms with Crippen LogP contribution in [0.25, 0.3) is 16.9 Å². The highest BCUT2D eigenvalue weighted by Crippen LogP contribution is 2.26. The van der Waals surface area contributed by atoms with E-state index in [0.29, 0.717) is 6.04 Å². The van der Waals surface area contributed by atoms with Crippen LogP contribution in [0.3, 0.4) is 0 Å². The van der Waals surface area contributed by atoms with E-state index < -0.39 is 0 Å². The van der Waals surface area contributed by atoms with Gasteiger partial charge in [-0.05, 0) is 24.9 Å². The first-order valence-electron chi connectivity index (χ1n) is 6.93. The highest BCUT2D eigenvalue weighted by Gasteiger charge is 2.15. The molecule has 3 aromatic heterocycles. The average Bonchev–Trinajstić information content (AvgIpc) is 3.19. The third-order valence-corrected chi connectivity index (χ3v) is 4.37. The van der Waals surface area contributed by atoms with Crippen molar-refractivity contribution in [3.8, 4) is 11.3 Å². The van der Waals surface area contributed by atoms with Crippen LogP contribution >= 0.6 is 11.9 Å². The molecule has 7 nitrogen and oxygen atoms in total. The second kappa shape index (κ2) is 5.15. The molecule has 2 N–H and O–H groups in total. The van der Waals surface area contributed by atoms with Gasteiger partial charge in [0.1, 0.15) is 0 Å². The molecule has 0 radical (unpaired) electrons. The summed E-state index contributed by atoms with van der Waals surface area (Å²) in [7, 11) is 1.90. The van der Waals surface area contributed by atoms with Crippen LogP contribution in [0.1, 0.15) is 6.92 Å². The van der Waals surface area contributed by atoms with E-state index in [1.807, 2.05) is 36.2 Å². The van der Waals surface area contributed by atoms with Crippen molar-refractivity contribution in [1.82, 2.24) is 28.9 Å². The largest absolute Gasteiger partial charge is 0.331 e. The van der Waals surface area contributed by atoms with Crippen molar-refractivity contribution in [2.45, 2.75) is 13.0 Å². The minimum absolute atomic E-state index is 0.345. The van der Waals surface area contributed by atoms with Crippen LogP contribution in [0.5, 0.6) is 0 Å². The van der Waals surface area contributed by atoms with Crippen molar-refractivity contribution in [3.63, 3.8) is 0 Å². The molecule has 1 atom stereocenters. The van der Waals surface area contributed by atoms with Crippen LogP contribution in [-0.4, -0.2) is 30.2 Å². The lowest BCUT2D eigenvalue weighted by atomic mass is 10.3. The number of nitrogens with one attached hydrogen (secondary N) is 2. The van der Waals surface area contributed by atoms with E-state index in [-0.39, 0.29) is 0 Å². The van der Waals surface area contributed by atoms with Gasteiger partial charge in [0, 0.05) is 37.2 Å². The summed E-state index contributed by atoms with van der Waals surface area (Å²) in [5.74, 6) is 0.743. The maximum Gasteiger partial charge on any atom is 0.180 e. The number of fused-ring (bicyclic) bond motifs is 1. The zero-order valence-corrected chi connectivity index (χ0v) is 13.0. The number of hydrogen-bond donors (Lipinski definition) is 2. The number of anilines is 1. The van der Waals surface area contributed by atoms with Gasteiger partial charge in [0.15, 0.2) is 11.5 Å². The van der Waals surface area contributed by atoms with Gasteiger partial charge in [-0.25, -0.2) is 9.97 Å². The molecular weight excluding hydrogens is 298 g/mol. The molecule has 3 aromatic rings. The van der Waals surface area contributed by atoms with E-state index in [1.165, 1.54) is 0 Å². The summed E-state index contributed by atoms with van der Waals surface area (Å²) < 4.78 is 7.06. The van der Waals surface area contributed by atoms with E-state index in [9.17, 15) is 0 Å². The summed E-state index contributed by atoms with van der Waals surface area (Å²) in [4.78, 5) is 8.92. The van der Waals surface area contributed by atoms with Gasteiger partial charge in [0.25, 0.3) is 0 Å². The molecule has 0 saturated carbocycles. The third kappa shape index (κ3) is 2.26. The Labute approximate surface area is 131 Å². The second-order valence-electron chi connectivity index (χ2n) is 5.18. The van der Waals surface area contributed by atoms with Gasteiger partial charge in [-0.3, -0.25) is 13.8 Å². The predicted molar refractivity (Wildman–Crippen MR) is 87.1 cm³/mol. The van der Waals surface area contributed by atoms with Crippen LogP contribution in [-0.2, 0) is 7.05 Å². The Kier molecular flexibility index (Phi) is 3.12. The predicted octanol–water partition coefficient (Wildman–Crippen LogP) is 2.02. The molecule has 0 saturated heterocycles. The summed E-state index contributed by atoms with van der Waals surface area (Å²) in [5, 5.41) is 8.59. The lowest BCUT2D eigenvalue weighted by Gasteiger charge is -2.06. The summed E-state index contributed by atoms with van der Waals surface area (Å²) in [5.41, 5.74) is 2.81. The topological polar surface area (TPSA) is 72.1 Å². The number of aromatic nitrogens is 5. The van der Waals surface area contributed by atoms with Crippen LogP contribution in [0, 0.1) is 0 Å². The Morgan fingerprint density at radius 2 is 2.23 bits per heavy atom. The van der Waals surface area contributed by atoms with E-state index in [2.05, 4.69) is 38.1 Å². The quantitative estimate of drug-likeness (QED) is 0.721. The Hall–Kier alpha value is -2.32. The second-order valence-corrected chi connectivity index (χ2v) is 6.06. The maximum atomic E-state index is 4.51. The van der Waals surface area contributed by atoms with Gasteiger partial charge >= 0.3 is 0 Å². The van der Waals surface area contributed by atoms with Crippen LogP contribution < -0.4 is 10.0 Å². The molecule has 8 heteroatoms. The van der Waals surface area contributed by atoms with Crippen LogP contribution in [0.4, 0.5) is 5.82 Å². The van der Waals surface area contributed by atoms with Crippen molar-refractivity contribution in [1.29, 1.82) is 0 Å². The van der Waals surface area contributed by atoms with Crippen LogP contribution in [0.15, 0.2) is 42.1 Å². The molecular formula is C14H15N7S. The summed E-state index contributed by atoms with van der Waals surface area (Å²) in [6, 6.07) is 0.345. The standard InChI is InChI=1S/C14H15N7S/c1-9-5-12(22-19-9)18-13-14-16-7-11(21(14)4-3-15-13)10-6-17-20(2)8-10/h3-9,19H,1-2H3,(H,15,18). The van der Waals surface area contributed by atoms with Gasteiger partial charge in [0.05, 0.1) is 23.1 Å². The molecule has 1 aliphatic heterocycles. The molecule has 1 aliphatic rings. The normalized spacial score (nSPS) is 17.9. The average molecular weight is 313 g/mol. The van der Waals surface area contributed by atoms with E-state index in [0.717, 1.165) is 27.8 Å². The monoisotopic (exact) mass is 313 g/mol. The highest BCUT2D eigenvalue weighted by atomic mass is 32.2. The molecule has 4 rings (SSSR count). The molecule has 4 heterocycles. The first-order valence-corrected chi connectivity index (χ1v) is 7.74. The molecule has 0 aromatic carbocycles. The van der Waals surface area contributed by atoms with Gasteiger partial charge in [-0.1, -0.05) is 0 Å². The molecule has 0 fully saturated rings. The lowest BCUT2D eigenvalue weighted by Crippen LogP contribution is -2.09. The number of rotatable bonds is 3. The Balaban J connectivity index is 1.75. The van der Waals surface area contributed by atoms with Crippen LogP contribution in [0.2, 0.25) is 0 Å². The summed E-state index contributed by atoms with van der Waals surface area (Å²) in [6.07, 6.45) is 11.5. The van der Waals surface area contributed by atoms with Gasteiger partial charge in [0.2, 0.25) is 0 Å². The first-order chi connectivity index (χ1) is 10.7. The molecule has 0 amide bonds. The fourth-order valence-corrected chi connectivity index (χ4v) is 3.21. The van der Waals surface area contributed by atoms with E-state index in [4.69, 9.17) is 0 Å². The highest BCUT2D eigenvalue weighted by molar-refractivity contribution is 8.01. The van der Waals surface area contributed by atoms with E-state index in [1.54, 1.807) is 22.8 Å². The molecule has 0 bridgehead atoms. The minimum atomic E-state index is 0.345. The van der Waals surface area contributed by atoms with Gasteiger partial charge in [-0.2, -0.15) is 5.10 Å². The number of aryl methyl sites for hydroxylation is 1. The lowest BCUT2D eigenvalue weighted by molar-refractivity contribution is 0.768. The molecule has 0 aliphatic carbocycles. The number of imidazole rings is 1. The molecule has 112 valence electrons.